The van der Waals surface area contributed by atoms with Crippen molar-refractivity contribution in [3.63, 3.8) is 0 Å². The van der Waals surface area contributed by atoms with Gasteiger partial charge >= 0.3 is 0 Å². The lowest BCUT2D eigenvalue weighted by Crippen LogP contribution is -2.37. The number of amides is 1. The first-order valence-electron chi connectivity index (χ1n) is 7.96. The van der Waals surface area contributed by atoms with Gasteiger partial charge in [0.25, 0.3) is 0 Å². The summed E-state index contributed by atoms with van der Waals surface area (Å²) in [6, 6.07) is 5.00. The van der Waals surface area contributed by atoms with Gasteiger partial charge in [-0.15, -0.1) is 0 Å². The Bertz CT molecular complexity index is 825. The van der Waals surface area contributed by atoms with E-state index < -0.39 is 9.84 Å². The second-order valence-corrected chi connectivity index (χ2v) is 9.79. The number of rotatable bonds is 4. The smallest absolute Gasteiger partial charge is 0.248 e. The molecule has 0 radical (unpaired) electrons. The third-order valence-electron chi connectivity index (χ3n) is 4.16. The number of anilines is 1. The van der Waals surface area contributed by atoms with Crippen LogP contribution in [0.15, 0.2) is 23.2 Å². The molecule has 0 aromatic heterocycles. The van der Waals surface area contributed by atoms with E-state index in [4.69, 9.17) is 16.3 Å². The molecule has 0 saturated carbocycles. The number of halogens is 1. The van der Waals surface area contributed by atoms with Crippen molar-refractivity contribution in [2.45, 2.75) is 31.1 Å². The van der Waals surface area contributed by atoms with Crippen LogP contribution in [0.2, 0.25) is 5.02 Å². The van der Waals surface area contributed by atoms with Crippen molar-refractivity contribution in [2.75, 3.05) is 23.5 Å². The van der Waals surface area contributed by atoms with Gasteiger partial charge in [-0.2, -0.15) is 4.99 Å². The number of thioether (sulfide) groups is 1. The summed E-state index contributed by atoms with van der Waals surface area (Å²) < 4.78 is 29.2. The van der Waals surface area contributed by atoms with Gasteiger partial charge < -0.3 is 9.64 Å². The van der Waals surface area contributed by atoms with E-state index in [1.807, 2.05) is 11.8 Å². The Balaban J connectivity index is 2.00. The van der Waals surface area contributed by atoms with Crippen LogP contribution in [-0.2, 0) is 14.6 Å². The third kappa shape index (κ3) is 3.80. The highest BCUT2D eigenvalue weighted by molar-refractivity contribution is 8.16. The Hall–Kier alpha value is -1.25. The number of hydrogen-bond acceptors (Lipinski definition) is 5. The number of sulfone groups is 1. The van der Waals surface area contributed by atoms with Crippen molar-refractivity contribution < 1.29 is 17.9 Å². The fourth-order valence-corrected chi connectivity index (χ4v) is 7.23. The first-order valence-corrected chi connectivity index (χ1v) is 11.0. The molecular formula is C16H19ClN2O4S2. The predicted octanol–water partition coefficient (Wildman–Crippen LogP) is 2.75. The molecule has 0 bridgehead atoms. The van der Waals surface area contributed by atoms with Crippen molar-refractivity contribution in [2.24, 2.45) is 4.99 Å². The molecule has 136 valence electrons. The molecule has 25 heavy (non-hydrogen) atoms. The molecule has 2 heterocycles. The van der Waals surface area contributed by atoms with Crippen LogP contribution >= 0.6 is 23.4 Å². The molecule has 9 heteroatoms. The minimum atomic E-state index is -3.09. The molecule has 0 aliphatic carbocycles. The number of carbonyl (C=O) groups excluding carboxylic acids is 1. The van der Waals surface area contributed by atoms with Gasteiger partial charge in [0.05, 0.1) is 29.7 Å². The van der Waals surface area contributed by atoms with E-state index in [0.29, 0.717) is 28.0 Å². The van der Waals surface area contributed by atoms with E-state index in [1.54, 1.807) is 18.2 Å². The van der Waals surface area contributed by atoms with Crippen molar-refractivity contribution in [1.29, 1.82) is 0 Å². The van der Waals surface area contributed by atoms with Crippen LogP contribution in [0, 0.1) is 0 Å². The summed E-state index contributed by atoms with van der Waals surface area (Å²) in [5.74, 6) is 0.491. The van der Waals surface area contributed by atoms with E-state index in [1.165, 1.54) is 18.9 Å². The number of methoxy groups -OCH3 is 1. The van der Waals surface area contributed by atoms with Gasteiger partial charge in [0.2, 0.25) is 5.91 Å². The summed E-state index contributed by atoms with van der Waals surface area (Å²) in [6.45, 7) is 1.92. The summed E-state index contributed by atoms with van der Waals surface area (Å²) >= 11 is 7.58. The van der Waals surface area contributed by atoms with E-state index in [2.05, 4.69) is 4.99 Å². The molecule has 3 rings (SSSR count). The molecule has 2 aliphatic rings. The molecule has 1 aromatic rings. The van der Waals surface area contributed by atoms with E-state index in [-0.39, 0.29) is 28.7 Å². The molecule has 2 aliphatic heterocycles. The van der Waals surface area contributed by atoms with Crippen LogP contribution in [0.3, 0.4) is 0 Å². The summed E-state index contributed by atoms with van der Waals surface area (Å²) in [5, 5.41) is 0.845. The Morgan fingerprint density at radius 3 is 2.84 bits per heavy atom. The minimum absolute atomic E-state index is 0.0509. The zero-order valence-corrected chi connectivity index (χ0v) is 16.3. The van der Waals surface area contributed by atoms with Gasteiger partial charge in [0.1, 0.15) is 5.75 Å². The Labute approximate surface area is 156 Å². The average molecular weight is 403 g/mol. The average Bonchev–Trinajstić information content (AvgIpc) is 2.98. The highest BCUT2D eigenvalue weighted by Crippen LogP contribution is 2.42. The normalized spacial score (nSPS) is 26.0. The van der Waals surface area contributed by atoms with Crippen molar-refractivity contribution >= 4 is 50.0 Å². The molecule has 0 spiro atoms. The highest BCUT2D eigenvalue weighted by atomic mass is 35.5. The molecule has 2 saturated heterocycles. The first kappa shape index (κ1) is 18.5. The van der Waals surface area contributed by atoms with Crippen molar-refractivity contribution in [1.82, 2.24) is 0 Å². The summed E-state index contributed by atoms with van der Waals surface area (Å²) in [4.78, 5) is 18.1. The van der Waals surface area contributed by atoms with Gasteiger partial charge in [-0.05, 0) is 24.6 Å². The molecule has 0 unspecified atom stereocenters. The topological polar surface area (TPSA) is 76.0 Å². The van der Waals surface area contributed by atoms with Crippen LogP contribution in [0.25, 0.3) is 0 Å². The minimum Gasteiger partial charge on any atom is -0.495 e. The fraction of sp³-hybridized carbons (Fsp3) is 0.500. The maximum atomic E-state index is 12.0. The lowest BCUT2D eigenvalue weighted by atomic mass is 10.2. The van der Waals surface area contributed by atoms with Gasteiger partial charge in [-0.25, -0.2) is 8.42 Å². The number of aliphatic imine (C=N–C) groups is 1. The van der Waals surface area contributed by atoms with Crippen molar-refractivity contribution in [3.05, 3.63) is 23.2 Å². The molecule has 6 nitrogen and oxygen atoms in total. The summed E-state index contributed by atoms with van der Waals surface area (Å²) in [6.07, 6.45) is 1.09. The maximum Gasteiger partial charge on any atom is 0.248 e. The van der Waals surface area contributed by atoms with Crippen LogP contribution in [0.5, 0.6) is 5.75 Å². The predicted molar refractivity (Wildman–Crippen MR) is 102 cm³/mol. The standard InChI is InChI=1S/C16H19ClN2O4S2/c1-3-4-15(20)18-16-19(10-5-6-13(23-2)11(17)7-10)12-8-25(21,22)9-14(12)24-16/h5-7,12,14H,3-4,8-9H2,1-2H3/t12-,14-/m0/s1. The number of benzene rings is 1. The van der Waals surface area contributed by atoms with E-state index in [0.717, 1.165) is 6.42 Å². The Morgan fingerprint density at radius 1 is 1.44 bits per heavy atom. The number of amidine groups is 1. The molecule has 1 amide bonds. The SMILES string of the molecule is CCCC(=O)N=C1S[C@H]2CS(=O)(=O)C[C@@H]2N1c1ccc(OC)c(Cl)c1. The van der Waals surface area contributed by atoms with E-state index >= 15 is 0 Å². The van der Waals surface area contributed by atoms with Gasteiger partial charge in [0, 0.05) is 17.4 Å². The highest BCUT2D eigenvalue weighted by Gasteiger charge is 2.49. The van der Waals surface area contributed by atoms with Gasteiger partial charge in [0.15, 0.2) is 15.0 Å². The quantitative estimate of drug-likeness (QED) is 0.770. The van der Waals surface area contributed by atoms with E-state index in [9.17, 15) is 13.2 Å². The Kier molecular flexibility index (Phi) is 5.31. The Morgan fingerprint density at radius 2 is 2.20 bits per heavy atom. The lowest BCUT2D eigenvalue weighted by Gasteiger charge is -2.25. The van der Waals surface area contributed by atoms with Gasteiger partial charge in [-0.3, -0.25) is 4.79 Å². The largest absolute Gasteiger partial charge is 0.495 e. The fourth-order valence-electron chi connectivity index (χ4n) is 3.05. The zero-order chi connectivity index (χ0) is 18.2. The number of hydrogen-bond donors (Lipinski definition) is 0. The number of carbonyl (C=O) groups is 1. The number of nitrogens with zero attached hydrogens (tertiary/aromatic N) is 2. The van der Waals surface area contributed by atoms with Crippen LogP contribution in [0.1, 0.15) is 19.8 Å². The monoisotopic (exact) mass is 402 g/mol. The van der Waals surface area contributed by atoms with Crippen LogP contribution < -0.4 is 9.64 Å². The van der Waals surface area contributed by atoms with Crippen LogP contribution in [0.4, 0.5) is 5.69 Å². The molecule has 0 N–H and O–H groups in total. The molecule has 1 aromatic carbocycles. The molecule has 2 fully saturated rings. The number of fused-ring (bicyclic) bond motifs is 1. The third-order valence-corrected chi connectivity index (χ3v) is 7.67. The van der Waals surface area contributed by atoms with Gasteiger partial charge in [-0.1, -0.05) is 30.3 Å². The van der Waals surface area contributed by atoms with Crippen LogP contribution in [-0.4, -0.2) is 49.4 Å². The molecule has 2 atom stereocenters. The second-order valence-electron chi connectivity index (χ2n) is 6.03. The first-order chi connectivity index (χ1) is 11.8. The molecular weight excluding hydrogens is 384 g/mol. The number of ether oxygens (including phenoxy) is 1. The maximum absolute atomic E-state index is 12.0. The second kappa shape index (κ2) is 7.17. The van der Waals surface area contributed by atoms with Crippen molar-refractivity contribution in [3.8, 4) is 5.75 Å². The summed E-state index contributed by atoms with van der Waals surface area (Å²) in [5.41, 5.74) is 0.714. The summed E-state index contributed by atoms with van der Waals surface area (Å²) in [7, 11) is -1.56. The lowest BCUT2D eigenvalue weighted by molar-refractivity contribution is -0.117. The zero-order valence-electron chi connectivity index (χ0n) is 13.9.